The molecule has 2 N–H and O–H groups in total. The Hall–Kier alpha value is -1.23. The van der Waals surface area contributed by atoms with Crippen molar-refractivity contribution in [3.05, 3.63) is 24.3 Å². The van der Waals surface area contributed by atoms with E-state index in [9.17, 15) is 0 Å². The van der Waals surface area contributed by atoms with Crippen LogP contribution in [0, 0.1) is 0 Å². The molecule has 0 radical (unpaired) electrons. The average Bonchev–Trinajstić information content (AvgIpc) is 2.06. The van der Waals surface area contributed by atoms with Crippen LogP contribution in [-0.2, 0) is 6.54 Å². The van der Waals surface area contributed by atoms with Gasteiger partial charge in [-0.05, 0) is 12.2 Å². The molecule has 1 aromatic rings. The first-order valence-corrected chi connectivity index (χ1v) is 3.86. The van der Waals surface area contributed by atoms with Crippen molar-refractivity contribution in [1.82, 2.24) is 14.9 Å². The van der Waals surface area contributed by atoms with Crippen LogP contribution in [0.3, 0.4) is 0 Å². The number of nitrogens with two attached hydrogens (primary N) is 1. The highest BCUT2D eigenvalue weighted by molar-refractivity contribution is 7.80. The summed E-state index contributed by atoms with van der Waals surface area (Å²) in [5.74, 6) is 0. The van der Waals surface area contributed by atoms with Crippen molar-refractivity contribution in [1.29, 1.82) is 0 Å². The lowest BCUT2D eigenvalue weighted by atomic mass is 10.4. The summed E-state index contributed by atoms with van der Waals surface area (Å²) in [5, 5.41) is 0.362. The second-order valence-electron chi connectivity index (χ2n) is 2.39. The van der Waals surface area contributed by atoms with E-state index in [0.29, 0.717) is 11.7 Å². The van der Waals surface area contributed by atoms with Gasteiger partial charge in [-0.15, -0.1) is 0 Å². The van der Waals surface area contributed by atoms with E-state index in [2.05, 4.69) is 9.97 Å². The predicted molar refractivity (Wildman–Crippen MR) is 50.3 cm³/mol. The minimum atomic E-state index is 0.362. The molecular formula is C7H10N4S. The summed E-state index contributed by atoms with van der Waals surface area (Å²) < 4.78 is 0. The van der Waals surface area contributed by atoms with Crippen LogP contribution in [0.2, 0.25) is 0 Å². The molecule has 64 valence electrons. The van der Waals surface area contributed by atoms with Crippen molar-refractivity contribution in [3.8, 4) is 0 Å². The molecule has 12 heavy (non-hydrogen) atoms. The van der Waals surface area contributed by atoms with Crippen LogP contribution in [0.5, 0.6) is 0 Å². The molecule has 0 aromatic carbocycles. The first-order valence-electron chi connectivity index (χ1n) is 3.45. The SMILES string of the molecule is CN(Cc1cnccn1)C(N)=S. The third-order valence-electron chi connectivity index (χ3n) is 1.39. The van der Waals surface area contributed by atoms with Gasteiger partial charge in [0.05, 0.1) is 18.4 Å². The third kappa shape index (κ3) is 2.43. The zero-order valence-corrected chi connectivity index (χ0v) is 7.58. The van der Waals surface area contributed by atoms with Gasteiger partial charge in [0.15, 0.2) is 5.11 Å². The number of hydrogen-bond donors (Lipinski definition) is 1. The van der Waals surface area contributed by atoms with Crippen LogP contribution in [0.15, 0.2) is 18.6 Å². The fourth-order valence-corrected chi connectivity index (χ4v) is 0.797. The van der Waals surface area contributed by atoms with Gasteiger partial charge in [0.25, 0.3) is 0 Å². The summed E-state index contributed by atoms with van der Waals surface area (Å²) in [7, 11) is 1.82. The zero-order valence-electron chi connectivity index (χ0n) is 6.77. The molecule has 0 spiro atoms. The standard InChI is InChI=1S/C7H10N4S/c1-11(7(8)12)5-6-4-9-2-3-10-6/h2-4H,5H2,1H3,(H2,8,12). The highest BCUT2D eigenvalue weighted by atomic mass is 32.1. The molecule has 0 bridgehead atoms. The van der Waals surface area contributed by atoms with Crippen molar-refractivity contribution >= 4 is 17.3 Å². The summed E-state index contributed by atoms with van der Waals surface area (Å²) in [5.41, 5.74) is 6.25. The summed E-state index contributed by atoms with van der Waals surface area (Å²) in [6.45, 7) is 0.600. The van der Waals surface area contributed by atoms with Crippen LogP contribution < -0.4 is 5.73 Å². The summed E-state index contributed by atoms with van der Waals surface area (Å²) >= 11 is 4.77. The van der Waals surface area contributed by atoms with Crippen molar-refractivity contribution in [2.45, 2.75) is 6.54 Å². The topological polar surface area (TPSA) is 55.0 Å². The fraction of sp³-hybridized carbons (Fsp3) is 0.286. The normalized spacial score (nSPS) is 9.42. The highest BCUT2D eigenvalue weighted by Crippen LogP contribution is 1.95. The van der Waals surface area contributed by atoms with E-state index in [-0.39, 0.29) is 0 Å². The molecular weight excluding hydrogens is 172 g/mol. The quantitative estimate of drug-likeness (QED) is 0.660. The van der Waals surface area contributed by atoms with Crippen molar-refractivity contribution in [2.75, 3.05) is 7.05 Å². The van der Waals surface area contributed by atoms with Gasteiger partial charge in [-0.3, -0.25) is 9.97 Å². The first-order chi connectivity index (χ1) is 5.70. The second kappa shape index (κ2) is 3.96. The van der Waals surface area contributed by atoms with Gasteiger partial charge in [-0.2, -0.15) is 0 Å². The van der Waals surface area contributed by atoms with E-state index in [1.54, 1.807) is 23.5 Å². The minimum absolute atomic E-state index is 0.362. The largest absolute Gasteiger partial charge is 0.376 e. The number of aromatic nitrogens is 2. The van der Waals surface area contributed by atoms with E-state index >= 15 is 0 Å². The Bertz CT molecular complexity index is 261. The molecule has 1 rings (SSSR count). The van der Waals surface area contributed by atoms with Gasteiger partial charge in [-0.25, -0.2) is 0 Å². The van der Waals surface area contributed by atoms with Gasteiger partial charge < -0.3 is 10.6 Å². The Kier molecular flexibility index (Phi) is 2.93. The molecule has 0 atom stereocenters. The molecule has 0 saturated heterocycles. The van der Waals surface area contributed by atoms with Crippen molar-refractivity contribution in [2.24, 2.45) is 5.73 Å². The van der Waals surface area contributed by atoms with E-state index in [1.807, 2.05) is 7.05 Å². The average molecular weight is 182 g/mol. The maximum absolute atomic E-state index is 5.39. The number of thiocarbonyl (C=S) groups is 1. The highest BCUT2D eigenvalue weighted by Gasteiger charge is 2.00. The monoisotopic (exact) mass is 182 g/mol. The van der Waals surface area contributed by atoms with E-state index in [0.717, 1.165) is 5.69 Å². The smallest absolute Gasteiger partial charge is 0.166 e. The van der Waals surface area contributed by atoms with Crippen LogP contribution in [0.1, 0.15) is 5.69 Å². The fourth-order valence-electron chi connectivity index (χ4n) is 0.733. The minimum Gasteiger partial charge on any atom is -0.376 e. The summed E-state index contributed by atoms with van der Waals surface area (Å²) in [6, 6.07) is 0. The molecule has 0 saturated carbocycles. The number of nitrogens with zero attached hydrogens (tertiary/aromatic N) is 3. The lowest BCUT2D eigenvalue weighted by Crippen LogP contribution is -2.31. The Labute approximate surface area is 76.4 Å². The molecule has 0 aliphatic carbocycles. The molecule has 0 fully saturated rings. The van der Waals surface area contributed by atoms with E-state index in [4.69, 9.17) is 18.0 Å². The van der Waals surface area contributed by atoms with Crippen LogP contribution in [0.4, 0.5) is 0 Å². The number of rotatable bonds is 2. The third-order valence-corrected chi connectivity index (χ3v) is 1.70. The summed E-state index contributed by atoms with van der Waals surface area (Å²) in [4.78, 5) is 9.74. The Balaban J connectivity index is 2.58. The van der Waals surface area contributed by atoms with Gasteiger partial charge in [0, 0.05) is 19.4 Å². The Morgan fingerprint density at radius 3 is 2.92 bits per heavy atom. The van der Waals surface area contributed by atoms with Crippen LogP contribution in [-0.4, -0.2) is 27.0 Å². The molecule has 1 heterocycles. The first kappa shape index (κ1) is 8.86. The van der Waals surface area contributed by atoms with Crippen LogP contribution >= 0.6 is 12.2 Å². The molecule has 0 aliphatic heterocycles. The van der Waals surface area contributed by atoms with Gasteiger partial charge in [-0.1, -0.05) is 0 Å². The maximum atomic E-state index is 5.39. The van der Waals surface area contributed by atoms with Crippen molar-refractivity contribution < 1.29 is 0 Å². The molecule has 5 heteroatoms. The zero-order chi connectivity index (χ0) is 8.97. The predicted octanol–water partition coefficient (Wildman–Crippen LogP) is 0.152. The lowest BCUT2D eigenvalue weighted by Gasteiger charge is -2.15. The molecule has 1 aromatic heterocycles. The molecule has 0 aliphatic rings. The lowest BCUT2D eigenvalue weighted by molar-refractivity contribution is 0.495. The molecule has 0 amide bonds. The second-order valence-corrected chi connectivity index (χ2v) is 2.81. The Morgan fingerprint density at radius 2 is 2.42 bits per heavy atom. The van der Waals surface area contributed by atoms with Gasteiger partial charge >= 0.3 is 0 Å². The molecule has 0 unspecified atom stereocenters. The van der Waals surface area contributed by atoms with E-state index < -0.39 is 0 Å². The molecule has 4 nitrogen and oxygen atoms in total. The van der Waals surface area contributed by atoms with Crippen molar-refractivity contribution in [3.63, 3.8) is 0 Å². The van der Waals surface area contributed by atoms with Gasteiger partial charge in [0.2, 0.25) is 0 Å². The van der Waals surface area contributed by atoms with E-state index in [1.165, 1.54) is 0 Å². The van der Waals surface area contributed by atoms with Gasteiger partial charge in [0.1, 0.15) is 0 Å². The Morgan fingerprint density at radius 1 is 1.67 bits per heavy atom. The number of hydrogen-bond acceptors (Lipinski definition) is 3. The van der Waals surface area contributed by atoms with Crippen LogP contribution in [0.25, 0.3) is 0 Å². The maximum Gasteiger partial charge on any atom is 0.166 e. The summed E-state index contributed by atoms with van der Waals surface area (Å²) in [6.07, 6.45) is 4.96.